The fourth-order valence-corrected chi connectivity index (χ4v) is 3.01. The highest BCUT2D eigenvalue weighted by Crippen LogP contribution is 2.25. The minimum Gasteiger partial charge on any atom is -0.342 e. The summed E-state index contributed by atoms with van der Waals surface area (Å²) >= 11 is 6.05. The molecule has 3 aromatic rings. The summed E-state index contributed by atoms with van der Waals surface area (Å²) in [6, 6.07) is 14.0. The van der Waals surface area contributed by atoms with Crippen molar-refractivity contribution < 1.29 is 4.79 Å². The zero-order valence-electron chi connectivity index (χ0n) is 11.8. The molecule has 0 atom stereocenters. The number of aldehydes is 1. The zero-order chi connectivity index (χ0) is 14.8. The van der Waals surface area contributed by atoms with Crippen molar-refractivity contribution in [2.24, 2.45) is 0 Å². The Hall–Kier alpha value is -2.06. The van der Waals surface area contributed by atoms with E-state index in [1.165, 1.54) is 5.56 Å². The number of hydrogen-bond acceptors (Lipinski definition) is 1. The maximum Gasteiger partial charge on any atom is 0.152 e. The van der Waals surface area contributed by atoms with Gasteiger partial charge in [0.15, 0.2) is 6.29 Å². The molecule has 21 heavy (non-hydrogen) atoms. The molecule has 0 aliphatic rings. The molecular formula is C18H16ClNO. The molecule has 3 rings (SSSR count). The number of halogens is 1. The fourth-order valence-electron chi connectivity index (χ4n) is 2.80. The molecule has 0 radical (unpaired) electrons. The molecular weight excluding hydrogens is 282 g/mol. The number of aryl methyl sites for hydroxylation is 1. The number of carbonyl (C=O) groups excluding carboxylic acids is 1. The van der Waals surface area contributed by atoms with E-state index in [0.29, 0.717) is 6.54 Å². The third kappa shape index (κ3) is 2.59. The first-order chi connectivity index (χ1) is 10.2. The Kier molecular flexibility index (Phi) is 3.80. The summed E-state index contributed by atoms with van der Waals surface area (Å²) in [5.41, 5.74) is 4.26. The Morgan fingerprint density at radius 2 is 2.00 bits per heavy atom. The summed E-state index contributed by atoms with van der Waals surface area (Å²) in [7, 11) is 0. The number of aromatic nitrogens is 1. The van der Waals surface area contributed by atoms with Crippen LogP contribution in [0.5, 0.6) is 0 Å². The molecule has 2 aromatic carbocycles. The van der Waals surface area contributed by atoms with Crippen molar-refractivity contribution in [3.63, 3.8) is 0 Å². The zero-order valence-corrected chi connectivity index (χ0v) is 12.6. The van der Waals surface area contributed by atoms with Gasteiger partial charge in [-0.05, 0) is 29.7 Å². The van der Waals surface area contributed by atoms with Crippen LogP contribution in [0, 0.1) is 0 Å². The maximum atomic E-state index is 11.3. The summed E-state index contributed by atoms with van der Waals surface area (Å²) < 4.78 is 2.14. The number of hydrogen-bond donors (Lipinski definition) is 0. The maximum absolute atomic E-state index is 11.3. The first-order valence-electron chi connectivity index (χ1n) is 7.03. The van der Waals surface area contributed by atoms with E-state index in [9.17, 15) is 4.79 Å². The summed E-state index contributed by atoms with van der Waals surface area (Å²) in [6.07, 6.45) is 3.79. The van der Waals surface area contributed by atoms with Crippen LogP contribution in [-0.4, -0.2) is 10.9 Å². The topological polar surface area (TPSA) is 22.0 Å². The average Bonchev–Trinajstić information content (AvgIpc) is 2.85. The molecule has 0 spiro atoms. The minimum absolute atomic E-state index is 0.710. The number of benzene rings is 2. The van der Waals surface area contributed by atoms with Crippen LogP contribution in [0.2, 0.25) is 5.02 Å². The molecule has 3 heteroatoms. The number of carbonyl (C=O) groups is 1. The van der Waals surface area contributed by atoms with Gasteiger partial charge in [-0.2, -0.15) is 0 Å². The normalized spacial score (nSPS) is 11.0. The SMILES string of the molecule is CCc1cccc2c(C=O)cn(Cc3cccc(Cl)c3)c12. The second-order valence-corrected chi connectivity index (χ2v) is 5.56. The van der Waals surface area contributed by atoms with E-state index in [2.05, 4.69) is 17.6 Å². The summed E-state index contributed by atoms with van der Waals surface area (Å²) in [5, 5.41) is 1.75. The van der Waals surface area contributed by atoms with E-state index in [0.717, 1.165) is 39.8 Å². The Bertz CT molecular complexity index is 804. The van der Waals surface area contributed by atoms with Crippen molar-refractivity contribution >= 4 is 28.8 Å². The van der Waals surface area contributed by atoms with Gasteiger partial charge in [0, 0.05) is 28.7 Å². The smallest absolute Gasteiger partial charge is 0.152 e. The second kappa shape index (κ2) is 5.74. The van der Waals surface area contributed by atoms with Crippen LogP contribution in [0.25, 0.3) is 10.9 Å². The molecule has 106 valence electrons. The lowest BCUT2D eigenvalue weighted by molar-refractivity contribution is 0.112. The standard InChI is InChI=1S/C18H16ClNO/c1-2-14-6-4-8-17-15(12-21)11-20(18(14)17)10-13-5-3-7-16(19)9-13/h3-9,11-12H,2,10H2,1H3. The quantitative estimate of drug-likeness (QED) is 0.639. The van der Waals surface area contributed by atoms with Gasteiger partial charge in [-0.25, -0.2) is 0 Å². The number of nitrogens with zero attached hydrogens (tertiary/aromatic N) is 1. The average molecular weight is 298 g/mol. The predicted octanol–water partition coefficient (Wildman–Crippen LogP) is 4.72. The summed E-state index contributed by atoms with van der Waals surface area (Å²) in [6.45, 7) is 2.84. The molecule has 0 aliphatic heterocycles. The lowest BCUT2D eigenvalue weighted by Gasteiger charge is -2.09. The molecule has 0 aliphatic carbocycles. The van der Waals surface area contributed by atoms with Gasteiger partial charge in [-0.1, -0.05) is 48.9 Å². The second-order valence-electron chi connectivity index (χ2n) is 5.13. The van der Waals surface area contributed by atoms with Gasteiger partial charge >= 0.3 is 0 Å². The highest BCUT2D eigenvalue weighted by molar-refractivity contribution is 6.30. The molecule has 0 bridgehead atoms. The molecule has 1 aromatic heterocycles. The minimum atomic E-state index is 0.710. The third-order valence-corrected chi connectivity index (χ3v) is 4.00. The number of rotatable bonds is 4. The lowest BCUT2D eigenvalue weighted by atomic mass is 10.1. The van der Waals surface area contributed by atoms with E-state index in [1.54, 1.807) is 0 Å². The van der Waals surface area contributed by atoms with Crippen LogP contribution in [0.4, 0.5) is 0 Å². The van der Waals surface area contributed by atoms with Crippen molar-refractivity contribution in [2.45, 2.75) is 19.9 Å². The Morgan fingerprint density at radius 1 is 1.19 bits per heavy atom. The number of para-hydroxylation sites is 1. The van der Waals surface area contributed by atoms with Gasteiger partial charge in [-0.15, -0.1) is 0 Å². The molecule has 2 nitrogen and oxygen atoms in total. The molecule has 0 amide bonds. The van der Waals surface area contributed by atoms with E-state index in [4.69, 9.17) is 11.6 Å². The van der Waals surface area contributed by atoms with E-state index in [1.807, 2.05) is 42.6 Å². The van der Waals surface area contributed by atoms with Crippen LogP contribution in [-0.2, 0) is 13.0 Å². The van der Waals surface area contributed by atoms with Crippen molar-refractivity contribution in [1.29, 1.82) is 0 Å². The van der Waals surface area contributed by atoms with Gasteiger partial charge < -0.3 is 4.57 Å². The van der Waals surface area contributed by atoms with Crippen molar-refractivity contribution in [1.82, 2.24) is 4.57 Å². The first kappa shape index (κ1) is 13.9. The summed E-state index contributed by atoms with van der Waals surface area (Å²) in [5.74, 6) is 0. The largest absolute Gasteiger partial charge is 0.342 e. The molecule has 0 saturated carbocycles. The summed E-state index contributed by atoms with van der Waals surface area (Å²) in [4.78, 5) is 11.3. The molecule has 0 fully saturated rings. The van der Waals surface area contributed by atoms with Crippen molar-refractivity contribution in [3.8, 4) is 0 Å². The predicted molar refractivity (Wildman–Crippen MR) is 87.3 cm³/mol. The van der Waals surface area contributed by atoms with Crippen LogP contribution in [0.1, 0.15) is 28.4 Å². The van der Waals surface area contributed by atoms with Gasteiger partial charge in [0.1, 0.15) is 0 Å². The van der Waals surface area contributed by atoms with Crippen LogP contribution in [0.15, 0.2) is 48.7 Å². The fraction of sp³-hybridized carbons (Fsp3) is 0.167. The molecule has 0 N–H and O–H groups in total. The van der Waals surface area contributed by atoms with E-state index >= 15 is 0 Å². The highest BCUT2D eigenvalue weighted by Gasteiger charge is 2.11. The van der Waals surface area contributed by atoms with E-state index in [-0.39, 0.29) is 0 Å². The van der Waals surface area contributed by atoms with Crippen molar-refractivity contribution in [2.75, 3.05) is 0 Å². The Morgan fingerprint density at radius 3 is 2.71 bits per heavy atom. The monoisotopic (exact) mass is 297 g/mol. The Labute approximate surface area is 129 Å². The lowest BCUT2D eigenvalue weighted by Crippen LogP contribution is -1.99. The van der Waals surface area contributed by atoms with Crippen LogP contribution < -0.4 is 0 Å². The Balaban J connectivity index is 2.15. The third-order valence-electron chi connectivity index (χ3n) is 3.76. The van der Waals surface area contributed by atoms with Crippen LogP contribution >= 0.6 is 11.6 Å². The van der Waals surface area contributed by atoms with Crippen molar-refractivity contribution in [3.05, 3.63) is 70.4 Å². The molecule has 0 saturated heterocycles. The number of fused-ring (bicyclic) bond motifs is 1. The van der Waals surface area contributed by atoms with Crippen LogP contribution in [0.3, 0.4) is 0 Å². The van der Waals surface area contributed by atoms with Gasteiger partial charge in [0.25, 0.3) is 0 Å². The van der Waals surface area contributed by atoms with Gasteiger partial charge in [0.05, 0.1) is 5.52 Å². The first-order valence-corrected chi connectivity index (χ1v) is 7.41. The molecule has 0 unspecified atom stereocenters. The molecule has 1 heterocycles. The highest BCUT2D eigenvalue weighted by atomic mass is 35.5. The van der Waals surface area contributed by atoms with Gasteiger partial charge in [-0.3, -0.25) is 4.79 Å². The van der Waals surface area contributed by atoms with Gasteiger partial charge in [0.2, 0.25) is 0 Å². The van der Waals surface area contributed by atoms with E-state index < -0.39 is 0 Å².